The topological polar surface area (TPSA) is 57.4 Å². The fraction of sp³-hybridized carbons (Fsp3) is 0.0556. The molecule has 0 bridgehead atoms. The Morgan fingerprint density at radius 1 is 0.880 bits per heavy atom. The van der Waals surface area contributed by atoms with E-state index in [1.54, 1.807) is 42.7 Å². The van der Waals surface area contributed by atoms with E-state index in [2.05, 4.69) is 9.72 Å². The highest BCUT2D eigenvalue weighted by Gasteiger charge is 2.31. The van der Waals surface area contributed by atoms with Crippen LogP contribution in [0, 0.1) is 0 Å². The molecule has 1 aromatic heterocycles. The molecule has 3 rings (SSSR count). The molecule has 0 fully saturated rings. The minimum atomic E-state index is -4.77. The Labute approximate surface area is 141 Å². The van der Waals surface area contributed by atoms with E-state index in [-0.39, 0.29) is 11.5 Å². The Hall–Kier alpha value is -3.22. The van der Waals surface area contributed by atoms with E-state index < -0.39 is 6.36 Å². The second-order valence-electron chi connectivity index (χ2n) is 5.12. The van der Waals surface area contributed by atoms with Gasteiger partial charge in [0.25, 0.3) is 0 Å². The summed E-state index contributed by atoms with van der Waals surface area (Å²) in [5.74, 6) is 0.248. The van der Waals surface area contributed by atoms with E-state index in [1.165, 1.54) is 18.2 Å². The summed E-state index contributed by atoms with van der Waals surface area (Å²) >= 11 is 0. The maximum absolute atomic E-state index is 12.4. The van der Waals surface area contributed by atoms with E-state index in [0.29, 0.717) is 11.4 Å². The first-order valence-electron chi connectivity index (χ1n) is 7.24. The van der Waals surface area contributed by atoms with Gasteiger partial charge in [-0.2, -0.15) is 0 Å². The molecule has 0 spiro atoms. The molecule has 0 aliphatic rings. The van der Waals surface area contributed by atoms with Gasteiger partial charge in [-0.25, -0.2) is 0 Å². The Morgan fingerprint density at radius 2 is 1.60 bits per heavy atom. The Kier molecular flexibility index (Phi) is 4.47. The molecule has 1 heterocycles. The zero-order chi connectivity index (χ0) is 17.9. The zero-order valence-electron chi connectivity index (χ0n) is 12.8. The molecule has 25 heavy (non-hydrogen) atoms. The predicted molar refractivity (Wildman–Crippen MR) is 87.3 cm³/mol. The lowest BCUT2D eigenvalue weighted by molar-refractivity contribution is -0.274. The molecule has 0 saturated heterocycles. The molecule has 4 nitrogen and oxygen atoms in total. The Morgan fingerprint density at radius 3 is 2.32 bits per heavy atom. The lowest BCUT2D eigenvalue weighted by atomic mass is 10.1. The summed E-state index contributed by atoms with van der Waals surface area (Å²) in [6.45, 7) is 0. The van der Waals surface area contributed by atoms with Crippen LogP contribution in [0.25, 0.3) is 11.1 Å². The maximum Gasteiger partial charge on any atom is 0.573 e. The summed E-state index contributed by atoms with van der Waals surface area (Å²) in [6.07, 6.45) is -1.50. The standard InChI is InChI=1S/C18H13F3N2O2/c19-18(20,21)25-15-3-1-2-14(11-15)24-17-10-13(22)4-5-16(17)12-6-8-23-9-7-12/h1-11H,22H2. The maximum atomic E-state index is 12.4. The number of benzene rings is 2. The molecule has 0 aliphatic carbocycles. The summed E-state index contributed by atoms with van der Waals surface area (Å²) in [6, 6.07) is 14.0. The summed E-state index contributed by atoms with van der Waals surface area (Å²) in [4.78, 5) is 3.96. The van der Waals surface area contributed by atoms with E-state index in [9.17, 15) is 13.2 Å². The molecule has 2 N–H and O–H groups in total. The molecule has 0 unspecified atom stereocenters. The summed E-state index contributed by atoms with van der Waals surface area (Å²) in [5, 5.41) is 0. The molecule has 2 aromatic carbocycles. The molecule has 0 radical (unpaired) electrons. The third-order valence-corrected chi connectivity index (χ3v) is 3.26. The fourth-order valence-electron chi connectivity index (χ4n) is 2.26. The van der Waals surface area contributed by atoms with Crippen molar-refractivity contribution in [1.82, 2.24) is 4.98 Å². The Balaban J connectivity index is 1.93. The van der Waals surface area contributed by atoms with Crippen LogP contribution in [0.1, 0.15) is 0 Å². The SMILES string of the molecule is Nc1ccc(-c2ccncc2)c(Oc2cccc(OC(F)(F)F)c2)c1. The summed E-state index contributed by atoms with van der Waals surface area (Å²) < 4.78 is 46.7. The average Bonchev–Trinajstić information content (AvgIpc) is 2.54. The van der Waals surface area contributed by atoms with Gasteiger partial charge in [0.15, 0.2) is 0 Å². The first-order valence-corrected chi connectivity index (χ1v) is 7.24. The predicted octanol–water partition coefficient (Wildman–Crippen LogP) is 5.02. The van der Waals surface area contributed by atoms with Crippen molar-refractivity contribution in [1.29, 1.82) is 0 Å². The van der Waals surface area contributed by atoms with Crippen LogP contribution in [0.15, 0.2) is 67.0 Å². The van der Waals surface area contributed by atoms with Gasteiger partial charge in [0.2, 0.25) is 0 Å². The molecule has 0 saturated carbocycles. The molecule has 128 valence electrons. The minimum absolute atomic E-state index is 0.197. The van der Waals surface area contributed by atoms with Crippen molar-refractivity contribution in [2.75, 3.05) is 5.73 Å². The van der Waals surface area contributed by atoms with Crippen molar-refractivity contribution in [3.8, 4) is 28.4 Å². The molecule has 3 aromatic rings. The number of ether oxygens (including phenoxy) is 2. The molecule has 0 aliphatic heterocycles. The molecule has 0 atom stereocenters. The number of pyridine rings is 1. The number of aromatic nitrogens is 1. The quantitative estimate of drug-likeness (QED) is 0.674. The van der Waals surface area contributed by atoms with Crippen LogP contribution in [-0.2, 0) is 0 Å². The number of rotatable bonds is 4. The number of nitrogens with zero attached hydrogens (tertiary/aromatic N) is 1. The van der Waals surface area contributed by atoms with Gasteiger partial charge < -0.3 is 15.2 Å². The fourth-order valence-corrected chi connectivity index (χ4v) is 2.26. The van der Waals surface area contributed by atoms with Crippen molar-refractivity contribution in [3.05, 3.63) is 67.0 Å². The van der Waals surface area contributed by atoms with Crippen molar-refractivity contribution < 1.29 is 22.6 Å². The van der Waals surface area contributed by atoms with Gasteiger partial charge in [-0.1, -0.05) is 6.07 Å². The van der Waals surface area contributed by atoms with E-state index in [0.717, 1.165) is 17.2 Å². The third-order valence-electron chi connectivity index (χ3n) is 3.26. The average molecular weight is 346 g/mol. The highest BCUT2D eigenvalue weighted by atomic mass is 19.4. The Bertz CT molecular complexity index is 868. The number of hydrogen-bond acceptors (Lipinski definition) is 4. The first kappa shape index (κ1) is 16.6. The highest BCUT2D eigenvalue weighted by molar-refractivity contribution is 5.73. The van der Waals surface area contributed by atoms with Crippen molar-refractivity contribution in [2.45, 2.75) is 6.36 Å². The van der Waals surface area contributed by atoms with Gasteiger partial charge in [0.1, 0.15) is 17.2 Å². The molecular formula is C18H13F3N2O2. The summed E-state index contributed by atoms with van der Waals surface area (Å²) in [5.41, 5.74) is 7.85. The largest absolute Gasteiger partial charge is 0.573 e. The number of nitrogen functional groups attached to an aromatic ring is 1. The molecule has 7 heteroatoms. The van der Waals surface area contributed by atoms with Crippen LogP contribution < -0.4 is 15.2 Å². The second kappa shape index (κ2) is 6.72. The van der Waals surface area contributed by atoms with Gasteiger partial charge in [-0.15, -0.1) is 13.2 Å². The summed E-state index contributed by atoms with van der Waals surface area (Å²) in [7, 11) is 0. The number of nitrogens with two attached hydrogens (primary N) is 1. The lowest BCUT2D eigenvalue weighted by Crippen LogP contribution is -2.17. The smallest absolute Gasteiger partial charge is 0.457 e. The van der Waals surface area contributed by atoms with Crippen molar-refractivity contribution >= 4 is 5.69 Å². The van der Waals surface area contributed by atoms with Crippen LogP contribution in [0.3, 0.4) is 0 Å². The van der Waals surface area contributed by atoms with Crippen molar-refractivity contribution in [3.63, 3.8) is 0 Å². The van der Waals surface area contributed by atoms with Gasteiger partial charge in [0.05, 0.1) is 0 Å². The van der Waals surface area contributed by atoms with Gasteiger partial charge >= 0.3 is 6.36 Å². The van der Waals surface area contributed by atoms with Gasteiger partial charge in [0, 0.05) is 35.8 Å². The van der Waals surface area contributed by atoms with Crippen molar-refractivity contribution in [2.24, 2.45) is 0 Å². The lowest BCUT2D eigenvalue weighted by Gasteiger charge is -2.14. The van der Waals surface area contributed by atoms with E-state index in [1.807, 2.05) is 0 Å². The third kappa shape index (κ3) is 4.41. The number of alkyl halides is 3. The van der Waals surface area contributed by atoms with Crippen LogP contribution in [0.2, 0.25) is 0 Å². The zero-order valence-corrected chi connectivity index (χ0v) is 12.8. The van der Waals surface area contributed by atoms with E-state index in [4.69, 9.17) is 10.5 Å². The normalized spacial score (nSPS) is 11.2. The van der Waals surface area contributed by atoms with Gasteiger partial charge in [-0.05, 0) is 42.0 Å². The minimum Gasteiger partial charge on any atom is -0.457 e. The number of anilines is 1. The van der Waals surface area contributed by atoms with Crippen LogP contribution in [0.5, 0.6) is 17.2 Å². The number of hydrogen-bond donors (Lipinski definition) is 1. The molecular weight excluding hydrogens is 333 g/mol. The highest BCUT2D eigenvalue weighted by Crippen LogP contribution is 2.36. The molecule has 0 amide bonds. The van der Waals surface area contributed by atoms with Gasteiger partial charge in [-0.3, -0.25) is 4.98 Å². The van der Waals surface area contributed by atoms with E-state index >= 15 is 0 Å². The van der Waals surface area contributed by atoms with Crippen LogP contribution in [-0.4, -0.2) is 11.3 Å². The number of halogens is 3. The monoisotopic (exact) mass is 346 g/mol. The van der Waals surface area contributed by atoms with Crippen LogP contribution >= 0.6 is 0 Å². The van der Waals surface area contributed by atoms with Crippen LogP contribution in [0.4, 0.5) is 18.9 Å². The second-order valence-corrected chi connectivity index (χ2v) is 5.12. The first-order chi connectivity index (χ1) is 11.9.